The van der Waals surface area contributed by atoms with Crippen LogP contribution in [0.2, 0.25) is 0 Å². The Morgan fingerprint density at radius 3 is 2.73 bits per heavy atom. The molecule has 8 rings (SSSR count). The van der Waals surface area contributed by atoms with Crippen LogP contribution in [0.25, 0.3) is 16.7 Å². The van der Waals surface area contributed by atoms with Crippen molar-refractivity contribution in [1.29, 1.82) is 0 Å². The summed E-state index contributed by atoms with van der Waals surface area (Å²) in [4.78, 5) is 23.7. The van der Waals surface area contributed by atoms with Gasteiger partial charge in [0.25, 0.3) is 5.92 Å². The number of hydrogen-bond donors (Lipinski definition) is 3. The van der Waals surface area contributed by atoms with Crippen molar-refractivity contribution in [3.05, 3.63) is 113 Å². The van der Waals surface area contributed by atoms with Gasteiger partial charge in [-0.1, -0.05) is 6.08 Å². The van der Waals surface area contributed by atoms with Gasteiger partial charge in [-0.05, 0) is 41.5 Å². The van der Waals surface area contributed by atoms with Crippen LogP contribution in [-0.2, 0) is 13.1 Å². The zero-order valence-corrected chi connectivity index (χ0v) is 21.9. The van der Waals surface area contributed by atoms with Gasteiger partial charge in [-0.2, -0.15) is 5.10 Å². The molecule has 0 spiro atoms. The van der Waals surface area contributed by atoms with E-state index in [1.54, 1.807) is 29.7 Å². The minimum atomic E-state index is -2.62. The molecule has 4 aliphatic rings. The Balaban J connectivity index is 1.13. The van der Waals surface area contributed by atoms with Crippen LogP contribution < -0.4 is 10.7 Å². The summed E-state index contributed by atoms with van der Waals surface area (Å²) in [6.45, 7) is 1.09. The molecule has 204 valence electrons. The lowest BCUT2D eigenvalue weighted by atomic mass is 10.00. The first-order chi connectivity index (χ1) is 20.0. The topological polar surface area (TPSA) is 117 Å². The number of hydrazone groups is 1. The average molecular weight is 550 g/mol. The summed E-state index contributed by atoms with van der Waals surface area (Å²) in [5, 5.41) is 8.07. The van der Waals surface area contributed by atoms with Gasteiger partial charge in [-0.3, -0.25) is 19.9 Å². The minimum absolute atomic E-state index is 0.0901. The molecule has 41 heavy (non-hydrogen) atoms. The van der Waals surface area contributed by atoms with E-state index in [0.717, 1.165) is 56.2 Å². The number of nitrogens with one attached hydrogen (secondary N) is 3. The first-order valence-corrected chi connectivity index (χ1v) is 13.5. The summed E-state index contributed by atoms with van der Waals surface area (Å²) in [6, 6.07) is 8.11. The average Bonchev–Trinajstić information content (AvgIpc) is 3.54. The van der Waals surface area contributed by atoms with E-state index in [4.69, 9.17) is 9.97 Å². The molecule has 0 amide bonds. The molecule has 1 aliphatic carbocycles. The van der Waals surface area contributed by atoms with Crippen LogP contribution in [0.15, 0.2) is 78.2 Å². The van der Waals surface area contributed by atoms with E-state index in [9.17, 15) is 8.78 Å². The highest BCUT2D eigenvalue weighted by Gasteiger charge is 2.39. The molecule has 1 atom stereocenters. The molecule has 0 aromatic carbocycles. The third kappa shape index (κ3) is 4.38. The minimum Gasteiger partial charge on any atom is -0.373 e. The molecular weight excluding hydrogens is 524 g/mol. The normalized spacial score (nSPS) is 20.3. The van der Waals surface area contributed by atoms with E-state index in [1.807, 2.05) is 24.4 Å². The molecule has 1 unspecified atom stereocenters. The Bertz CT molecular complexity index is 1770. The number of pyridine rings is 3. The van der Waals surface area contributed by atoms with E-state index in [-0.39, 0.29) is 19.0 Å². The molecule has 7 heterocycles. The molecule has 4 aromatic rings. The standard InChI is InChI=1S/C30H25F2N9/c31-30(32)5-8-41(16-30)15-17-9-19(12-34-11-17)20-10-22-24(35-13-20)14-36-40-26(22)29-38-25-21(18-3-6-33-7-4-18)1-2-23-27(37-23)28(25)39-29/h1-4,6-7,9-13,27,36-37H,5,8,14-16H2,(H,38,39). The van der Waals surface area contributed by atoms with Crippen LogP contribution in [0.3, 0.4) is 0 Å². The number of hydrogen-bond acceptors (Lipinski definition) is 8. The van der Waals surface area contributed by atoms with Gasteiger partial charge in [0, 0.05) is 78.5 Å². The number of nitrogens with zero attached hydrogens (tertiary/aromatic N) is 6. The van der Waals surface area contributed by atoms with E-state index < -0.39 is 5.92 Å². The number of rotatable bonds is 5. The maximum absolute atomic E-state index is 13.7. The third-order valence-electron chi connectivity index (χ3n) is 7.91. The lowest BCUT2D eigenvalue weighted by Crippen LogP contribution is -2.24. The Kier molecular flexibility index (Phi) is 5.36. The maximum Gasteiger partial charge on any atom is 0.261 e. The van der Waals surface area contributed by atoms with Crippen molar-refractivity contribution in [2.75, 3.05) is 13.1 Å². The third-order valence-corrected chi connectivity index (χ3v) is 7.91. The van der Waals surface area contributed by atoms with Gasteiger partial charge in [0.05, 0.1) is 30.2 Å². The second-order valence-electron chi connectivity index (χ2n) is 10.8. The Morgan fingerprint density at radius 1 is 1.00 bits per heavy atom. The van der Waals surface area contributed by atoms with Gasteiger partial charge in [0.15, 0.2) is 5.82 Å². The van der Waals surface area contributed by atoms with Crippen LogP contribution in [-0.4, -0.2) is 54.5 Å². The highest BCUT2D eigenvalue weighted by Crippen LogP contribution is 2.41. The Hall–Kier alpha value is -4.77. The summed E-state index contributed by atoms with van der Waals surface area (Å²) in [5.41, 5.74) is 13.2. The molecule has 2 saturated heterocycles. The van der Waals surface area contributed by atoms with E-state index in [0.29, 0.717) is 31.2 Å². The fourth-order valence-corrected chi connectivity index (χ4v) is 5.79. The van der Waals surface area contributed by atoms with E-state index in [2.05, 4.69) is 49.0 Å². The number of likely N-dealkylation sites (tertiary alicyclic amines) is 1. The summed E-state index contributed by atoms with van der Waals surface area (Å²) < 4.78 is 27.4. The number of halogens is 2. The van der Waals surface area contributed by atoms with Crippen LogP contribution in [0, 0.1) is 0 Å². The van der Waals surface area contributed by atoms with Gasteiger partial charge in [0.2, 0.25) is 0 Å². The maximum atomic E-state index is 13.7. The van der Waals surface area contributed by atoms with Gasteiger partial charge < -0.3 is 15.7 Å². The molecule has 0 bridgehead atoms. The molecule has 4 aromatic heterocycles. The van der Waals surface area contributed by atoms with Gasteiger partial charge >= 0.3 is 0 Å². The van der Waals surface area contributed by atoms with E-state index >= 15 is 0 Å². The summed E-state index contributed by atoms with van der Waals surface area (Å²) >= 11 is 0. The number of fused-ring (bicyclic) bond motifs is 4. The number of alkyl halides is 2. The molecule has 11 heteroatoms. The van der Waals surface area contributed by atoms with Crippen LogP contribution in [0.5, 0.6) is 0 Å². The molecule has 0 saturated carbocycles. The molecular formula is C30H25F2N9. The number of aromatic amines is 1. The summed E-state index contributed by atoms with van der Waals surface area (Å²) in [6.07, 6.45) is 13.0. The lowest BCUT2D eigenvalue weighted by Gasteiger charge is -2.18. The second-order valence-corrected chi connectivity index (χ2v) is 10.8. The molecule has 2 fully saturated rings. The Labute approximate surface area is 234 Å². The fourth-order valence-electron chi connectivity index (χ4n) is 5.79. The predicted octanol–water partition coefficient (Wildman–Crippen LogP) is 3.93. The number of allylic oxidation sites excluding steroid dienone is 2. The molecule has 9 nitrogen and oxygen atoms in total. The highest BCUT2D eigenvalue weighted by atomic mass is 19.3. The smallest absolute Gasteiger partial charge is 0.261 e. The van der Waals surface area contributed by atoms with Crippen molar-refractivity contribution in [1.82, 2.24) is 40.6 Å². The van der Waals surface area contributed by atoms with Gasteiger partial charge in [-0.25, -0.2) is 13.8 Å². The summed E-state index contributed by atoms with van der Waals surface area (Å²) in [5.74, 6) is -1.97. The number of H-pyrrole nitrogens is 1. The van der Waals surface area contributed by atoms with Crippen molar-refractivity contribution in [2.45, 2.75) is 31.5 Å². The van der Waals surface area contributed by atoms with Crippen LogP contribution >= 0.6 is 0 Å². The largest absolute Gasteiger partial charge is 0.373 e. The highest BCUT2D eigenvalue weighted by molar-refractivity contribution is 6.12. The first-order valence-electron chi connectivity index (χ1n) is 13.5. The Morgan fingerprint density at radius 2 is 1.88 bits per heavy atom. The van der Waals surface area contributed by atoms with Gasteiger partial charge in [0.1, 0.15) is 11.8 Å². The van der Waals surface area contributed by atoms with E-state index in [1.165, 1.54) is 0 Å². The monoisotopic (exact) mass is 549 g/mol. The SMILES string of the molecule is FC1(F)CCN(Cc2cncc(-c3cnc4c(c3)C(c3nc5c([nH]3)C3NC3=CC=C5c3ccncc3)=NNC4)c2)C1. The fraction of sp³-hybridized carbons (Fsp3) is 0.233. The van der Waals surface area contributed by atoms with Crippen molar-refractivity contribution >= 4 is 11.3 Å². The predicted molar refractivity (Wildman–Crippen MR) is 149 cm³/mol. The quantitative estimate of drug-likeness (QED) is 0.323. The molecule has 0 radical (unpaired) electrons. The second kappa shape index (κ2) is 9.13. The first kappa shape index (κ1) is 24.1. The van der Waals surface area contributed by atoms with Gasteiger partial charge in [-0.15, -0.1) is 0 Å². The van der Waals surface area contributed by atoms with Crippen molar-refractivity contribution in [2.24, 2.45) is 5.10 Å². The van der Waals surface area contributed by atoms with Crippen molar-refractivity contribution in [3.8, 4) is 11.1 Å². The van der Waals surface area contributed by atoms with Crippen molar-refractivity contribution in [3.63, 3.8) is 0 Å². The number of imidazole rings is 1. The molecule has 3 aliphatic heterocycles. The van der Waals surface area contributed by atoms with Crippen LogP contribution in [0.1, 0.15) is 52.1 Å². The van der Waals surface area contributed by atoms with Crippen molar-refractivity contribution < 1.29 is 8.78 Å². The lowest BCUT2D eigenvalue weighted by molar-refractivity contribution is 0.0115. The van der Waals surface area contributed by atoms with Crippen LogP contribution in [0.4, 0.5) is 8.78 Å². The number of aromatic nitrogens is 5. The summed E-state index contributed by atoms with van der Waals surface area (Å²) in [7, 11) is 0. The zero-order valence-electron chi connectivity index (χ0n) is 21.9. The zero-order chi connectivity index (χ0) is 27.6. The molecule has 3 N–H and O–H groups in total.